The second-order valence-corrected chi connectivity index (χ2v) is 11.2. The fourth-order valence-electron chi connectivity index (χ4n) is 5.07. The van der Waals surface area contributed by atoms with Gasteiger partial charge in [-0.25, -0.2) is 0 Å². The third kappa shape index (κ3) is 3.20. The summed E-state index contributed by atoms with van der Waals surface area (Å²) in [6, 6.07) is 36.4. The van der Waals surface area contributed by atoms with E-state index in [1.807, 2.05) is 54.6 Å². The minimum atomic E-state index is -0.210. The molecule has 0 saturated carbocycles. The van der Waals surface area contributed by atoms with Gasteiger partial charge in [-0.15, -0.1) is 0 Å². The first-order chi connectivity index (χ1) is 17.7. The number of para-hydroxylation sites is 3. The Bertz CT molecular complexity index is 1670. The number of fused-ring (bicyclic) bond motifs is 4. The van der Waals surface area contributed by atoms with Gasteiger partial charge in [0.05, 0.1) is 0 Å². The molecule has 1 aliphatic carbocycles. The molecule has 3 nitrogen and oxygen atoms in total. The van der Waals surface area contributed by atoms with E-state index in [0.717, 1.165) is 33.4 Å². The number of Topliss-reactive ketones (excluding diaryl/α,β-unsaturated/α-hetero) is 2. The summed E-state index contributed by atoms with van der Waals surface area (Å²) in [6.07, 6.45) is 1.77. The molecule has 36 heavy (non-hydrogen) atoms. The van der Waals surface area contributed by atoms with Crippen LogP contribution in [0.4, 0.5) is 17.1 Å². The third-order valence-electron chi connectivity index (χ3n) is 6.77. The maximum absolute atomic E-state index is 13.4. The average Bonchev–Trinajstić information content (AvgIpc) is 3.15. The number of benzene rings is 5. The van der Waals surface area contributed by atoms with Crippen LogP contribution in [0.25, 0.3) is 16.8 Å². The summed E-state index contributed by atoms with van der Waals surface area (Å²) in [4.78, 5) is 29.1. The van der Waals surface area contributed by atoms with Crippen LogP contribution in [-0.2, 0) is 0 Å². The molecule has 0 atom stereocenters. The number of hydrogen-bond donors (Lipinski definition) is 0. The molecule has 0 bridgehead atoms. The topological polar surface area (TPSA) is 37.4 Å². The zero-order chi connectivity index (χ0) is 24.2. The van der Waals surface area contributed by atoms with Crippen LogP contribution in [0, 0.1) is 0 Å². The van der Waals surface area contributed by atoms with Crippen LogP contribution in [-0.4, -0.2) is 26.5 Å². The molecule has 0 fully saturated rings. The molecule has 7 rings (SSSR count). The Kier molecular flexibility index (Phi) is 4.78. The van der Waals surface area contributed by atoms with E-state index in [0.29, 0.717) is 11.1 Å². The van der Waals surface area contributed by atoms with Crippen molar-refractivity contribution < 1.29 is 9.59 Å². The molecule has 1 heterocycles. The predicted molar refractivity (Wildman–Crippen MR) is 147 cm³/mol. The van der Waals surface area contributed by atoms with Crippen molar-refractivity contribution in [1.82, 2.24) is 0 Å². The van der Waals surface area contributed by atoms with Crippen LogP contribution in [0.1, 0.15) is 26.3 Å². The summed E-state index contributed by atoms with van der Waals surface area (Å²) >= 11 is 0.206. The molecule has 0 unspecified atom stereocenters. The Morgan fingerprint density at radius 3 is 1.61 bits per heavy atom. The van der Waals surface area contributed by atoms with Gasteiger partial charge in [0.2, 0.25) is 0 Å². The minimum absolute atomic E-state index is 0.206. The Morgan fingerprint density at radius 2 is 1.03 bits per heavy atom. The van der Waals surface area contributed by atoms with Crippen LogP contribution < -0.4 is 13.8 Å². The van der Waals surface area contributed by atoms with E-state index in [9.17, 15) is 9.59 Å². The van der Waals surface area contributed by atoms with Gasteiger partial charge < -0.3 is 0 Å². The molecule has 2 aliphatic rings. The number of allylic oxidation sites excluding steroid dienone is 1. The number of carbonyl (C=O) groups is 2. The third-order valence-corrected chi connectivity index (χ3v) is 9.15. The molecule has 0 saturated heterocycles. The van der Waals surface area contributed by atoms with E-state index >= 15 is 0 Å². The first kappa shape index (κ1) is 21.1. The van der Waals surface area contributed by atoms with Gasteiger partial charge in [0.15, 0.2) is 0 Å². The summed E-state index contributed by atoms with van der Waals surface area (Å²) < 4.78 is 2.61. The van der Waals surface area contributed by atoms with Crippen molar-refractivity contribution in [3.63, 3.8) is 0 Å². The maximum atomic E-state index is 13.4. The van der Waals surface area contributed by atoms with Gasteiger partial charge in [0, 0.05) is 0 Å². The summed E-state index contributed by atoms with van der Waals surface area (Å²) in [6.45, 7) is 0. The number of carbonyl (C=O) groups excluding carboxylic acids is 2. The zero-order valence-electron chi connectivity index (χ0n) is 19.1. The Morgan fingerprint density at radius 1 is 0.556 bits per heavy atom. The quantitative estimate of drug-likeness (QED) is 0.163. The van der Waals surface area contributed by atoms with Gasteiger partial charge in [-0.05, 0) is 0 Å². The van der Waals surface area contributed by atoms with Crippen LogP contribution in [0.5, 0.6) is 0 Å². The first-order valence-electron chi connectivity index (χ1n) is 11.8. The van der Waals surface area contributed by atoms with Crippen LogP contribution >= 0.6 is 0 Å². The zero-order valence-corrected chi connectivity index (χ0v) is 20.9. The van der Waals surface area contributed by atoms with E-state index in [-0.39, 0.29) is 32.1 Å². The van der Waals surface area contributed by atoms with Crippen molar-refractivity contribution in [1.29, 1.82) is 0 Å². The van der Waals surface area contributed by atoms with Crippen LogP contribution in [0.3, 0.4) is 0 Å². The predicted octanol–water partition coefficient (Wildman–Crippen LogP) is 5.74. The van der Waals surface area contributed by atoms with Crippen LogP contribution in [0.2, 0.25) is 0 Å². The van der Waals surface area contributed by atoms with Crippen molar-refractivity contribution in [3.05, 3.63) is 131 Å². The van der Waals surface area contributed by atoms with E-state index in [4.69, 9.17) is 0 Å². The van der Waals surface area contributed by atoms with E-state index in [1.165, 1.54) is 8.92 Å². The second kappa shape index (κ2) is 8.17. The van der Waals surface area contributed by atoms with Crippen molar-refractivity contribution in [2.24, 2.45) is 0 Å². The fourth-order valence-corrected chi connectivity index (χ4v) is 7.29. The number of anilines is 3. The monoisotopic (exact) mass is 529 g/mol. The Balaban J connectivity index is 1.39. The molecule has 5 aromatic rings. The summed E-state index contributed by atoms with van der Waals surface area (Å²) in [5, 5.41) is 1.92. The number of hydrogen-bond acceptors (Lipinski definition) is 3. The van der Waals surface area contributed by atoms with Gasteiger partial charge in [-0.1, -0.05) is 12.1 Å². The molecule has 170 valence electrons. The van der Waals surface area contributed by atoms with Gasteiger partial charge in [0.1, 0.15) is 0 Å². The standard InChI is InChI=1S/C32H19NO2Se/c34-31-23-17-20-9-1-2-10-21(20)18-24(23)32(35)25(31)19-22-11-3-4-12-26(22)33-27-13-5-7-15-29(27)36-30-16-8-6-14-28(30)33/h1-19H. The van der Waals surface area contributed by atoms with E-state index in [2.05, 4.69) is 59.5 Å². The fraction of sp³-hybridized carbons (Fsp3) is 0. The van der Waals surface area contributed by atoms with Crippen molar-refractivity contribution in [2.45, 2.75) is 0 Å². The molecular formula is C32H19NO2Se. The molecule has 0 radical (unpaired) electrons. The Hall–Kier alpha value is -4.24. The van der Waals surface area contributed by atoms with Crippen LogP contribution in [0.15, 0.2) is 115 Å². The normalized spacial score (nSPS) is 14.0. The number of nitrogens with zero attached hydrogens (tertiary/aromatic N) is 1. The summed E-state index contributed by atoms with van der Waals surface area (Å²) in [7, 11) is 0. The Labute approximate surface area is 214 Å². The van der Waals surface area contributed by atoms with E-state index < -0.39 is 0 Å². The van der Waals surface area contributed by atoms with Gasteiger partial charge in [-0.2, -0.15) is 0 Å². The number of rotatable bonds is 2. The molecule has 0 aromatic heterocycles. The molecule has 0 amide bonds. The van der Waals surface area contributed by atoms with E-state index in [1.54, 1.807) is 6.08 Å². The van der Waals surface area contributed by atoms with Gasteiger partial charge in [-0.3, -0.25) is 0 Å². The average molecular weight is 528 g/mol. The van der Waals surface area contributed by atoms with Crippen molar-refractivity contribution in [3.8, 4) is 0 Å². The molecular weight excluding hydrogens is 509 g/mol. The van der Waals surface area contributed by atoms with Gasteiger partial charge >= 0.3 is 203 Å². The summed E-state index contributed by atoms with van der Waals surface area (Å²) in [5.41, 5.74) is 5.25. The molecule has 5 aromatic carbocycles. The van der Waals surface area contributed by atoms with Crippen molar-refractivity contribution in [2.75, 3.05) is 4.90 Å². The van der Waals surface area contributed by atoms with Gasteiger partial charge in [0.25, 0.3) is 0 Å². The summed E-state index contributed by atoms with van der Waals surface area (Å²) in [5.74, 6) is -0.420. The number of ketones is 2. The first-order valence-corrected chi connectivity index (χ1v) is 13.5. The SMILES string of the molecule is O=C1C(=Cc2ccccc2N2c3ccccc3[Se]c3ccccc32)C(=O)c2cc3ccccc3cc21. The second-order valence-electron chi connectivity index (χ2n) is 8.89. The molecule has 0 N–H and O–H groups in total. The molecule has 1 aliphatic heterocycles. The molecule has 0 spiro atoms. The van der Waals surface area contributed by atoms with Crippen molar-refractivity contribution >= 4 is 69.4 Å². The molecule has 4 heteroatoms.